The molecule has 5 rings (SSSR count). The largest absolute Gasteiger partial charge is 1.00 e. The van der Waals surface area contributed by atoms with Crippen LogP contribution in [0.5, 0.6) is 0 Å². The Morgan fingerprint density at radius 2 is 2.16 bits per heavy atom. The van der Waals surface area contributed by atoms with Gasteiger partial charge in [-0.1, -0.05) is 6.08 Å². The summed E-state index contributed by atoms with van der Waals surface area (Å²) in [5.74, 6) is -1.55. The van der Waals surface area contributed by atoms with Crippen LogP contribution >= 0.6 is 11.3 Å². The van der Waals surface area contributed by atoms with E-state index in [0.29, 0.717) is 12.0 Å². The zero-order chi connectivity index (χ0) is 16.4. The molecule has 6 nitrogen and oxygen atoms in total. The van der Waals surface area contributed by atoms with Crippen molar-refractivity contribution in [2.75, 3.05) is 0 Å². The Kier molecular flexibility index (Phi) is 4.15. The van der Waals surface area contributed by atoms with Crippen LogP contribution < -0.4 is 34.7 Å². The molecule has 0 saturated carbocycles. The van der Waals surface area contributed by atoms with E-state index < -0.39 is 5.97 Å². The zero-order valence-electron chi connectivity index (χ0n) is 13.8. The van der Waals surface area contributed by atoms with Crippen molar-refractivity contribution in [2.45, 2.75) is 38.1 Å². The molecule has 2 aromatic rings. The molecular formula is C17H14N3NaO3S. The third-order valence-corrected chi connectivity index (χ3v) is 6.19. The minimum atomic E-state index is -1.29. The molecule has 0 spiro atoms. The van der Waals surface area contributed by atoms with Crippen molar-refractivity contribution in [2.24, 2.45) is 0 Å². The quantitative estimate of drug-likeness (QED) is 0.348. The van der Waals surface area contributed by atoms with Gasteiger partial charge in [0.05, 0.1) is 23.4 Å². The number of aromatic nitrogens is 2. The van der Waals surface area contributed by atoms with E-state index in [4.69, 9.17) is 0 Å². The molecule has 0 bridgehead atoms. The molecule has 8 heteroatoms. The van der Waals surface area contributed by atoms with Crippen LogP contribution in [0, 0.1) is 0 Å². The SMILES string of the molecule is O=C([O-])C1=CCC2/C(=C\c3cn4c5c(sc4n3)CCCC5)C(=O)N12.[Na+]. The number of fused-ring (bicyclic) bond motifs is 4. The first-order valence-electron chi connectivity index (χ1n) is 8.10. The van der Waals surface area contributed by atoms with Crippen LogP contribution in [0.25, 0.3) is 11.0 Å². The topological polar surface area (TPSA) is 77.7 Å². The molecule has 4 heterocycles. The maximum atomic E-state index is 12.2. The fourth-order valence-electron chi connectivity index (χ4n) is 3.88. The average Bonchev–Trinajstić information content (AvgIpc) is 3.22. The van der Waals surface area contributed by atoms with Gasteiger partial charge in [0.1, 0.15) is 0 Å². The Morgan fingerprint density at radius 3 is 2.96 bits per heavy atom. The Bertz CT molecular complexity index is 971. The molecule has 2 aromatic heterocycles. The van der Waals surface area contributed by atoms with Crippen molar-refractivity contribution >= 4 is 34.3 Å². The number of carbonyl (C=O) groups excluding carboxylic acids is 2. The predicted molar refractivity (Wildman–Crippen MR) is 86.0 cm³/mol. The van der Waals surface area contributed by atoms with Gasteiger partial charge in [-0.25, -0.2) is 4.98 Å². The molecule has 1 aliphatic carbocycles. The van der Waals surface area contributed by atoms with E-state index in [9.17, 15) is 14.7 Å². The Morgan fingerprint density at radius 1 is 1.36 bits per heavy atom. The zero-order valence-corrected chi connectivity index (χ0v) is 16.6. The molecule has 25 heavy (non-hydrogen) atoms. The molecule has 1 fully saturated rings. The van der Waals surface area contributed by atoms with E-state index in [0.717, 1.165) is 23.5 Å². The number of hydrogen-bond acceptors (Lipinski definition) is 5. The standard InChI is InChI=1S/C17H15N3O3S.Na/c21-15-10(11-5-6-13(16(22)23)20(11)15)7-9-8-19-12-3-1-2-4-14(12)24-17(19)18-9;/h6-8,11H,1-5H2,(H,22,23);/q;+1/p-1/b10-7+;. The van der Waals surface area contributed by atoms with Crippen molar-refractivity contribution < 1.29 is 44.3 Å². The molecule has 1 unspecified atom stereocenters. The van der Waals surface area contributed by atoms with Crippen LogP contribution in [0.3, 0.4) is 0 Å². The number of β-lactam (4-membered cyclic amide) rings is 1. The summed E-state index contributed by atoms with van der Waals surface area (Å²) in [6, 6.07) is -0.181. The smallest absolute Gasteiger partial charge is 0.543 e. The third kappa shape index (κ3) is 2.44. The van der Waals surface area contributed by atoms with Gasteiger partial charge in [-0.05, 0) is 38.2 Å². The number of aryl methyl sites for hydroxylation is 2. The summed E-state index contributed by atoms with van der Waals surface area (Å²) in [7, 11) is 0. The second kappa shape index (κ2) is 6.09. The summed E-state index contributed by atoms with van der Waals surface area (Å²) in [5.41, 5.74) is 2.73. The van der Waals surface area contributed by atoms with E-state index in [1.165, 1.54) is 28.3 Å². The van der Waals surface area contributed by atoms with Crippen LogP contribution in [0.4, 0.5) is 0 Å². The number of rotatable bonds is 2. The molecule has 122 valence electrons. The number of aliphatic carboxylic acids is 1. The van der Waals surface area contributed by atoms with Gasteiger partial charge in [0.15, 0.2) is 4.96 Å². The fourth-order valence-corrected chi connectivity index (χ4v) is 5.08. The molecule has 1 atom stereocenters. The first-order valence-corrected chi connectivity index (χ1v) is 8.91. The number of carboxylic acids is 1. The van der Waals surface area contributed by atoms with Crippen molar-refractivity contribution in [3.8, 4) is 0 Å². The van der Waals surface area contributed by atoms with E-state index in [2.05, 4.69) is 9.38 Å². The van der Waals surface area contributed by atoms with Crippen LogP contribution in [0.1, 0.15) is 35.5 Å². The monoisotopic (exact) mass is 363 g/mol. The summed E-state index contributed by atoms with van der Waals surface area (Å²) in [6.45, 7) is 0. The first kappa shape index (κ1) is 17.0. The van der Waals surface area contributed by atoms with Crippen LogP contribution in [0.15, 0.2) is 23.5 Å². The van der Waals surface area contributed by atoms with Gasteiger partial charge in [-0.3, -0.25) is 14.1 Å². The van der Waals surface area contributed by atoms with Gasteiger partial charge in [0, 0.05) is 22.3 Å². The van der Waals surface area contributed by atoms with Crippen molar-refractivity contribution in [1.82, 2.24) is 14.3 Å². The van der Waals surface area contributed by atoms with Crippen LogP contribution in [0.2, 0.25) is 0 Å². The van der Waals surface area contributed by atoms with Gasteiger partial charge in [-0.2, -0.15) is 0 Å². The number of imidazole rings is 1. The van der Waals surface area contributed by atoms with Gasteiger partial charge in [0.2, 0.25) is 0 Å². The van der Waals surface area contributed by atoms with Crippen molar-refractivity contribution in [1.29, 1.82) is 0 Å². The fraction of sp³-hybridized carbons (Fsp3) is 0.353. The normalized spacial score (nSPS) is 23.1. The molecule has 0 aromatic carbocycles. The summed E-state index contributed by atoms with van der Waals surface area (Å²) < 4.78 is 2.14. The summed E-state index contributed by atoms with van der Waals surface area (Å²) in [5, 5.41) is 11.0. The molecule has 1 saturated heterocycles. The predicted octanol–water partition coefficient (Wildman–Crippen LogP) is -2.09. The van der Waals surface area contributed by atoms with E-state index >= 15 is 0 Å². The number of thiazole rings is 1. The second-order valence-corrected chi connectivity index (χ2v) is 7.46. The number of amides is 1. The summed E-state index contributed by atoms with van der Waals surface area (Å²) in [4.78, 5) is 31.6. The van der Waals surface area contributed by atoms with E-state index in [1.54, 1.807) is 23.5 Å². The first-order chi connectivity index (χ1) is 11.6. The van der Waals surface area contributed by atoms with Crippen LogP contribution in [-0.2, 0) is 22.4 Å². The number of carbonyl (C=O) groups is 2. The number of hydrogen-bond donors (Lipinski definition) is 0. The molecule has 0 radical (unpaired) electrons. The second-order valence-electron chi connectivity index (χ2n) is 6.40. The molecule has 3 aliphatic rings. The summed E-state index contributed by atoms with van der Waals surface area (Å²) >= 11 is 1.73. The van der Waals surface area contributed by atoms with Gasteiger partial charge in [-0.15, -0.1) is 11.3 Å². The van der Waals surface area contributed by atoms with Crippen molar-refractivity contribution in [3.05, 3.63) is 39.8 Å². The maximum absolute atomic E-state index is 12.2. The van der Waals surface area contributed by atoms with Gasteiger partial charge >= 0.3 is 29.6 Å². The van der Waals surface area contributed by atoms with Gasteiger partial charge < -0.3 is 9.90 Å². The van der Waals surface area contributed by atoms with E-state index in [-0.39, 0.29) is 47.2 Å². The Hall–Kier alpha value is -1.41. The average molecular weight is 363 g/mol. The number of nitrogens with zero attached hydrogens (tertiary/aromatic N) is 3. The molecule has 0 N–H and O–H groups in total. The molecule has 2 aliphatic heterocycles. The minimum absolute atomic E-state index is 0. The number of carboxylic acid groups (broad SMARTS) is 1. The maximum Gasteiger partial charge on any atom is 1.00 e. The van der Waals surface area contributed by atoms with Gasteiger partial charge in [0.25, 0.3) is 5.91 Å². The Labute approximate surface area is 170 Å². The van der Waals surface area contributed by atoms with E-state index in [1.807, 2.05) is 6.20 Å². The molecule has 1 amide bonds. The molecular weight excluding hydrogens is 349 g/mol. The van der Waals surface area contributed by atoms with Crippen LogP contribution in [-0.4, -0.2) is 32.2 Å². The third-order valence-electron chi connectivity index (χ3n) is 5.03. The van der Waals surface area contributed by atoms with Crippen molar-refractivity contribution in [3.63, 3.8) is 0 Å². The minimum Gasteiger partial charge on any atom is -0.543 e. The summed E-state index contributed by atoms with van der Waals surface area (Å²) in [6.07, 6.45) is 10.5. The Balaban J connectivity index is 0.00000157.